The molecule has 6 heteroatoms. The number of aliphatic hydroxyl groups is 1. The molecule has 2 aliphatic rings. The predicted octanol–water partition coefficient (Wildman–Crippen LogP) is 0.748. The van der Waals surface area contributed by atoms with Gasteiger partial charge in [-0.3, -0.25) is 0 Å². The van der Waals surface area contributed by atoms with E-state index in [4.69, 9.17) is 0 Å². The highest BCUT2D eigenvalue weighted by Crippen LogP contribution is 2.27. The number of likely N-dealkylation sites (tertiary alicyclic amines) is 2. The van der Waals surface area contributed by atoms with Crippen LogP contribution in [0.15, 0.2) is 0 Å². The van der Waals surface area contributed by atoms with E-state index in [0.29, 0.717) is 13.1 Å². The summed E-state index contributed by atoms with van der Waals surface area (Å²) in [5.41, 5.74) is 0. The maximum atomic E-state index is 12.5. The zero-order chi connectivity index (χ0) is 14.0. The summed E-state index contributed by atoms with van der Waals surface area (Å²) in [5.74, 6) is -0.953. The van der Waals surface area contributed by atoms with Gasteiger partial charge >= 0.3 is 12.0 Å². The Balaban J connectivity index is 2.14. The maximum absolute atomic E-state index is 12.5. The summed E-state index contributed by atoms with van der Waals surface area (Å²) in [7, 11) is 0. The largest absolute Gasteiger partial charge is 0.480 e. The lowest BCUT2D eigenvalue weighted by Gasteiger charge is -2.40. The van der Waals surface area contributed by atoms with Gasteiger partial charge in [-0.25, -0.2) is 9.59 Å². The summed E-state index contributed by atoms with van der Waals surface area (Å²) < 4.78 is 0. The molecule has 0 radical (unpaired) electrons. The molecule has 2 heterocycles. The number of rotatable bonds is 2. The minimum atomic E-state index is -0.930. The second kappa shape index (κ2) is 5.77. The number of urea groups is 1. The number of hydrogen-bond acceptors (Lipinski definition) is 3. The molecule has 0 aromatic rings. The molecule has 6 nitrogen and oxygen atoms in total. The molecule has 0 aliphatic carbocycles. The monoisotopic (exact) mass is 270 g/mol. The fourth-order valence-electron chi connectivity index (χ4n) is 3.22. The van der Waals surface area contributed by atoms with Crippen LogP contribution >= 0.6 is 0 Å². The smallest absolute Gasteiger partial charge is 0.326 e. The number of carbonyl (C=O) groups is 2. The molecule has 0 bridgehead atoms. The zero-order valence-electron chi connectivity index (χ0n) is 11.3. The van der Waals surface area contributed by atoms with Crippen molar-refractivity contribution < 1.29 is 19.8 Å². The molecule has 3 atom stereocenters. The van der Waals surface area contributed by atoms with Crippen LogP contribution in [0.1, 0.15) is 32.6 Å². The highest BCUT2D eigenvalue weighted by atomic mass is 16.4. The van der Waals surface area contributed by atoms with Gasteiger partial charge in [-0.05, 0) is 31.6 Å². The number of carboxylic acids is 1. The molecular formula is C13H22N2O4. The Morgan fingerprint density at radius 2 is 1.79 bits per heavy atom. The minimum absolute atomic E-state index is 0.0228. The van der Waals surface area contributed by atoms with E-state index in [1.165, 1.54) is 4.90 Å². The van der Waals surface area contributed by atoms with E-state index in [2.05, 4.69) is 0 Å². The third kappa shape index (κ3) is 2.68. The van der Waals surface area contributed by atoms with Crippen LogP contribution in [-0.2, 0) is 4.79 Å². The fourth-order valence-corrected chi connectivity index (χ4v) is 3.22. The molecular weight excluding hydrogens is 248 g/mol. The van der Waals surface area contributed by atoms with Crippen LogP contribution < -0.4 is 0 Å². The van der Waals surface area contributed by atoms with Crippen LogP contribution in [0.25, 0.3) is 0 Å². The van der Waals surface area contributed by atoms with Crippen LogP contribution in [-0.4, -0.2) is 63.8 Å². The summed E-state index contributed by atoms with van der Waals surface area (Å²) in [5, 5.41) is 18.6. The van der Waals surface area contributed by atoms with Crippen LogP contribution in [0.5, 0.6) is 0 Å². The molecule has 2 fully saturated rings. The molecule has 0 saturated carbocycles. The molecule has 2 saturated heterocycles. The van der Waals surface area contributed by atoms with Gasteiger partial charge < -0.3 is 20.0 Å². The summed E-state index contributed by atoms with van der Waals surface area (Å²) in [6.07, 6.45) is 3.35. The lowest BCUT2D eigenvalue weighted by molar-refractivity contribution is -0.145. The average molecular weight is 270 g/mol. The number of piperidine rings is 1. The lowest BCUT2D eigenvalue weighted by atomic mass is 9.91. The van der Waals surface area contributed by atoms with Crippen molar-refractivity contribution in [2.24, 2.45) is 5.92 Å². The molecule has 2 N–H and O–H groups in total. The Bertz CT molecular complexity index is 361. The van der Waals surface area contributed by atoms with Gasteiger partial charge in [0.05, 0.1) is 12.6 Å². The van der Waals surface area contributed by atoms with Crippen LogP contribution in [0, 0.1) is 5.92 Å². The van der Waals surface area contributed by atoms with Crippen molar-refractivity contribution in [1.82, 2.24) is 9.80 Å². The van der Waals surface area contributed by atoms with Gasteiger partial charge in [0.15, 0.2) is 0 Å². The number of aliphatic carboxylic acids is 1. The molecule has 0 aromatic heterocycles. The summed E-state index contributed by atoms with van der Waals surface area (Å²) in [6, 6.07) is -1.11. The predicted molar refractivity (Wildman–Crippen MR) is 68.7 cm³/mol. The normalized spacial score (nSPS) is 31.6. The Hall–Kier alpha value is -1.30. The summed E-state index contributed by atoms with van der Waals surface area (Å²) in [6.45, 7) is 2.94. The molecule has 0 spiro atoms. The van der Waals surface area contributed by atoms with Crippen molar-refractivity contribution in [3.63, 3.8) is 0 Å². The zero-order valence-corrected chi connectivity index (χ0v) is 11.3. The third-order valence-electron chi connectivity index (χ3n) is 4.27. The SMILES string of the molecule is CC1CCCN(C(=O)N2CCCC2CO)C1C(=O)O. The topological polar surface area (TPSA) is 81.1 Å². The molecule has 2 aliphatic heterocycles. The van der Waals surface area contributed by atoms with E-state index >= 15 is 0 Å². The Labute approximate surface area is 113 Å². The first-order chi connectivity index (χ1) is 9.06. The van der Waals surface area contributed by atoms with Crippen molar-refractivity contribution in [2.75, 3.05) is 19.7 Å². The number of aliphatic hydroxyl groups excluding tert-OH is 1. The first-order valence-corrected chi connectivity index (χ1v) is 6.97. The first-order valence-electron chi connectivity index (χ1n) is 6.97. The highest BCUT2D eigenvalue weighted by molar-refractivity contribution is 5.83. The van der Waals surface area contributed by atoms with Gasteiger partial charge in [0.25, 0.3) is 0 Å². The van der Waals surface area contributed by atoms with Crippen molar-refractivity contribution in [3.8, 4) is 0 Å². The highest BCUT2D eigenvalue weighted by Gasteiger charge is 2.41. The second-order valence-corrected chi connectivity index (χ2v) is 5.55. The number of amides is 2. The molecule has 2 amide bonds. The van der Waals surface area contributed by atoms with Crippen molar-refractivity contribution in [3.05, 3.63) is 0 Å². The summed E-state index contributed by atoms with van der Waals surface area (Å²) in [4.78, 5) is 27.0. The fraction of sp³-hybridized carbons (Fsp3) is 0.846. The molecule has 2 rings (SSSR count). The van der Waals surface area contributed by atoms with Gasteiger partial charge in [-0.1, -0.05) is 6.92 Å². The Morgan fingerprint density at radius 1 is 1.16 bits per heavy atom. The van der Waals surface area contributed by atoms with E-state index in [0.717, 1.165) is 25.7 Å². The third-order valence-corrected chi connectivity index (χ3v) is 4.27. The van der Waals surface area contributed by atoms with E-state index in [-0.39, 0.29) is 24.6 Å². The van der Waals surface area contributed by atoms with E-state index < -0.39 is 12.0 Å². The maximum Gasteiger partial charge on any atom is 0.326 e. The van der Waals surface area contributed by atoms with Gasteiger partial charge in [0.2, 0.25) is 0 Å². The van der Waals surface area contributed by atoms with Crippen molar-refractivity contribution >= 4 is 12.0 Å². The van der Waals surface area contributed by atoms with Crippen LogP contribution in [0.3, 0.4) is 0 Å². The second-order valence-electron chi connectivity index (χ2n) is 5.55. The molecule has 19 heavy (non-hydrogen) atoms. The Kier molecular flexibility index (Phi) is 4.29. The first kappa shape index (κ1) is 14.1. The van der Waals surface area contributed by atoms with E-state index in [1.807, 2.05) is 6.92 Å². The number of nitrogens with zero attached hydrogens (tertiary/aromatic N) is 2. The summed E-state index contributed by atoms with van der Waals surface area (Å²) >= 11 is 0. The van der Waals surface area contributed by atoms with E-state index in [9.17, 15) is 19.8 Å². The molecule has 108 valence electrons. The lowest BCUT2D eigenvalue weighted by Crippen LogP contribution is -2.57. The van der Waals surface area contributed by atoms with Gasteiger partial charge in [0.1, 0.15) is 6.04 Å². The number of carboxylic acid groups (broad SMARTS) is 1. The van der Waals surface area contributed by atoms with E-state index in [1.54, 1.807) is 4.90 Å². The quantitative estimate of drug-likeness (QED) is 0.776. The standard InChI is InChI=1S/C13H22N2O4/c1-9-4-2-7-15(11(9)12(17)18)13(19)14-6-3-5-10(14)8-16/h9-11,16H,2-8H2,1H3,(H,17,18). The van der Waals surface area contributed by atoms with Crippen LogP contribution in [0.2, 0.25) is 0 Å². The minimum Gasteiger partial charge on any atom is -0.480 e. The van der Waals surface area contributed by atoms with Gasteiger partial charge in [0, 0.05) is 13.1 Å². The molecule has 0 aromatic carbocycles. The number of hydrogen-bond donors (Lipinski definition) is 2. The number of carbonyl (C=O) groups excluding carboxylic acids is 1. The average Bonchev–Trinajstić information content (AvgIpc) is 2.85. The van der Waals surface area contributed by atoms with Gasteiger partial charge in [-0.15, -0.1) is 0 Å². The molecule has 3 unspecified atom stereocenters. The Morgan fingerprint density at radius 3 is 2.42 bits per heavy atom. The van der Waals surface area contributed by atoms with Crippen molar-refractivity contribution in [1.29, 1.82) is 0 Å². The van der Waals surface area contributed by atoms with Gasteiger partial charge in [-0.2, -0.15) is 0 Å². The van der Waals surface area contributed by atoms with Crippen molar-refractivity contribution in [2.45, 2.75) is 44.7 Å². The van der Waals surface area contributed by atoms with Crippen LogP contribution in [0.4, 0.5) is 4.79 Å².